The van der Waals surface area contributed by atoms with E-state index in [1.165, 1.54) is 0 Å². The number of likely N-dealkylation sites (tertiary alicyclic amines) is 1. The standard InChI is InChI=1S/C19H26N4O3/c1-14-6-3-4-7-16(14)11-20-17(24)12-23-9-5-8-19(25,13-23)10-18-21-15(2)22-26-18/h3-4,6-7,25H,5,8-13H2,1-2H3,(H,20,24). The minimum Gasteiger partial charge on any atom is -0.388 e. The van der Waals surface area contributed by atoms with E-state index >= 15 is 0 Å². The van der Waals surface area contributed by atoms with Crippen LogP contribution in [0.25, 0.3) is 0 Å². The number of aliphatic hydroxyl groups is 1. The molecule has 1 aliphatic heterocycles. The molecule has 2 heterocycles. The smallest absolute Gasteiger partial charge is 0.234 e. The van der Waals surface area contributed by atoms with E-state index in [1.54, 1.807) is 6.92 Å². The number of β-amino-alcohol motifs (C(OH)–C–C–N with tert-alkyl or cyclic N) is 1. The third kappa shape index (κ3) is 4.89. The van der Waals surface area contributed by atoms with Gasteiger partial charge in [-0.25, -0.2) is 0 Å². The summed E-state index contributed by atoms with van der Waals surface area (Å²) in [5, 5.41) is 17.6. The lowest BCUT2D eigenvalue weighted by atomic mass is 9.89. The van der Waals surface area contributed by atoms with Crippen LogP contribution in [0.5, 0.6) is 0 Å². The fraction of sp³-hybridized carbons (Fsp3) is 0.526. The molecule has 0 bridgehead atoms. The first-order chi connectivity index (χ1) is 12.4. The molecular formula is C19H26N4O3. The quantitative estimate of drug-likeness (QED) is 0.810. The topological polar surface area (TPSA) is 91.5 Å². The Kier molecular flexibility index (Phi) is 5.68. The number of hydrogen-bond donors (Lipinski definition) is 2. The van der Waals surface area contributed by atoms with Crippen LogP contribution in [-0.4, -0.2) is 51.3 Å². The Bertz CT molecular complexity index is 761. The lowest BCUT2D eigenvalue weighted by molar-refractivity contribution is -0.124. The maximum Gasteiger partial charge on any atom is 0.234 e. The van der Waals surface area contributed by atoms with Crippen molar-refractivity contribution in [2.24, 2.45) is 0 Å². The monoisotopic (exact) mass is 358 g/mol. The molecule has 1 aliphatic rings. The zero-order valence-corrected chi connectivity index (χ0v) is 15.4. The van der Waals surface area contributed by atoms with E-state index < -0.39 is 5.60 Å². The number of nitrogens with zero attached hydrogens (tertiary/aromatic N) is 3. The highest BCUT2D eigenvalue weighted by Gasteiger charge is 2.35. The van der Waals surface area contributed by atoms with Gasteiger partial charge in [0.25, 0.3) is 0 Å². The number of aromatic nitrogens is 2. The highest BCUT2D eigenvalue weighted by Crippen LogP contribution is 2.24. The first kappa shape index (κ1) is 18.5. The van der Waals surface area contributed by atoms with Crippen LogP contribution in [-0.2, 0) is 17.8 Å². The van der Waals surface area contributed by atoms with Gasteiger partial charge in [-0.3, -0.25) is 9.69 Å². The first-order valence-electron chi connectivity index (χ1n) is 8.99. The van der Waals surface area contributed by atoms with Crippen LogP contribution in [0.4, 0.5) is 0 Å². The molecule has 0 aliphatic carbocycles. The molecule has 140 valence electrons. The molecule has 1 saturated heterocycles. The van der Waals surface area contributed by atoms with Crippen molar-refractivity contribution in [3.63, 3.8) is 0 Å². The van der Waals surface area contributed by atoms with Gasteiger partial charge in [-0.2, -0.15) is 4.98 Å². The Hall–Kier alpha value is -2.25. The second-order valence-corrected chi connectivity index (χ2v) is 7.15. The van der Waals surface area contributed by atoms with E-state index in [0.29, 0.717) is 37.6 Å². The normalized spacial score (nSPS) is 20.9. The zero-order valence-electron chi connectivity index (χ0n) is 15.4. The number of piperidine rings is 1. The van der Waals surface area contributed by atoms with Crippen molar-refractivity contribution in [1.29, 1.82) is 0 Å². The summed E-state index contributed by atoms with van der Waals surface area (Å²) in [7, 11) is 0. The maximum atomic E-state index is 12.3. The Morgan fingerprint density at radius 1 is 1.38 bits per heavy atom. The van der Waals surface area contributed by atoms with Gasteiger partial charge >= 0.3 is 0 Å². The summed E-state index contributed by atoms with van der Waals surface area (Å²) in [6.07, 6.45) is 1.81. The molecule has 7 nitrogen and oxygen atoms in total. The number of nitrogens with one attached hydrogen (secondary N) is 1. The van der Waals surface area contributed by atoms with Crippen molar-refractivity contribution in [2.75, 3.05) is 19.6 Å². The molecule has 26 heavy (non-hydrogen) atoms. The number of benzene rings is 1. The summed E-state index contributed by atoms with van der Waals surface area (Å²) in [5.74, 6) is 0.967. The Morgan fingerprint density at radius 2 is 2.19 bits per heavy atom. The summed E-state index contributed by atoms with van der Waals surface area (Å²) < 4.78 is 5.13. The minimum absolute atomic E-state index is 0.0360. The Labute approximate surface area is 153 Å². The lowest BCUT2D eigenvalue weighted by Gasteiger charge is -2.38. The van der Waals surface area contributed by atoms with E-state index in [1.807, 2.05) is 36.1 Å². The van der Waals surface area contributed by atoms with Crippen molar-refractivity contribution >= 4 is 5.91 Å². The van der Waals surface area contributed by atoms with Crippen molar-refractivity contribution in [2.45, 2.75) is 45.3 Å². The van der Waals surface area contributed by atoms with Crippen LogP contribution in [0.1, 0.15) is 35.7 Å². The molecule has 0 radical (unpaired) electrons. The van der Waals surface area contributed by atoms with Gasteiger partial charge in [-0.1, -0.05) is 29.4 Å². The van der Waals surface area contributed by atoms with Crippen LogP contribution in [0.3, 0.4) is 0 Å². The molecule has 1 aromatic carbocycles. The number of hydrogen-bond acceptors (Lipinski definition) is 6. The predicted molar refractivity (Wildman–Crippen MR) is 96.4 cm³/mol. The van der Waals surface area contributed by atoms with E-state index in [0.717, 1.165) is 24.1 Å². The molecule has 3 rings (SSSR count). The van der Waals surface area contributed by atoms with Gasteiger partial charge in [0.2, 0.25) is 11.8 Å². The van der Waals surface area contributed by atoms with E-state index in [4.69, 9.17) is 4.52 Å². The van der Waals surface area contributed by atoms with Gasteiger partial charge in [0.1, 0.15) is 0 Å². The molecule has 0 spiro atoms. The van der Waals surface area contributed by atoms with Gasteiger partial charge in [-0.15, -0.1) is 0 Å². The molecule has 2 aromatic rings. The van der Waals surface area contributed by atoms with Crippen LogP contribution < -0.4 is 5.32 Å². The molecule has 7 heteroatoms. The highest BCUT2D eigenvalue weighted by molar-refractivity contribution is 5.78. The van der Waals surface area contributed by atoms with Gasteiger partial charge in [0.05, 0.1) is 18.6 Å². The minimum atomic E-state index is -0.937. The van der Waals surface area contributed by atoms with Crippen molar-refractivity contribution < 1.29 is 14.4 Å². The van der Waals surface area contributed by atoms with Gasteiger partial charge in [0.15, 0.2) is 5.82 Å². The fourth-order valence-corrected chi connectivity index (χ4v) is 3.44. The van der Waals surface area contributed by atoms with Crippen LogP contribution >= 0.6 is 0 Å². The third-order valence-corrected chi connectivity index (χ3v) is 4.79. The number of rotatable bonds is 6. The second kappa shape index (κ2) is 7.97. The number of carbonyl (C=O) groups is 1. The summed E-state index contributed by atoms with van der Waals surface area (Å²) in [4.78, 5) is 18.5. The Morgan fingerprint density at radius 3 is 2.92 bits per heavy atom. The van der Waals surface area contributed by atoms with E-state index in [-0.39, 0.29) is 12.5 Å². The SMILES string of the molecule is Cc1noc(CC2(O)CCCN(CC(=O)NCc3ccccc3C)C2)n1. The fourth-order valence-electron chi connectivity index (χ4n) is 3.44. The molecule has 0 saturated carbocycles. The third-order valence-electron chi connectivity index (χ3n) is 4.79. The molecular weight excluding hydrogens is 332 g/mol. The lowest BCUT2D eigenvalue weighted by Crippen LogP contribution is -2.51. The van der Waals surface area contributed by atoms with Gasteiger partial charge in [-0.05, 0) is 44.4 Å². The highest BCUT2D eigenvalue weighted by atomic mass is 16.5. The molecule has 1 fully saturated rings. The first-order valence-corrected chi connectivity index (χ1v) is 8.99. The molecule has 1 unspecified atom stereocenters. The largest absolute Gasteiger partial charge is 0.388 e. The number of amides is 1. The second-order valence-electron chi connectivity index (χ2n) is 7.15. The van der Waals surface area contributed by atoms with Crippen LogP contribution in [0.2, 0.25) is 0 Å². The average Bonchev–Trinajstić information content (AvgIpc) is 2.98. The van der Waals surface area contributed by atoms with E-state index in [9.17, 15) is 9.90 Å². The van der Waals surface area contributed by atoms with E-state index in [2.05, 4.69) is 15.5 Å². The van der Waals surface area contributed by atoms with Crippen molar-refractivity contribution in [3.8, 4) is 0 Å². The summed E-state index contributed by atoms with van der Waals surface area (Å²) in [5.41, 5.74) is 1.34. The molecule has 1 atom stereocenters. The summed E-state index contributed by atoms with van der Waals surface area (Å²) in [6.45, 7) is 5.80. The maximum absolute atomic E-state index is 12.3. The molecule has 1 aromatic heterocycles. The Balaban J connectivity index is 1.51. The number of carbonyl (C=O) groups excluding carboxylic acids is 1. The molecule has 2 N–H and O–H groups in total. The zero-order chi connectivity index (χ0) is 18.6. The predicted octanol–water partition coefficient (Wildman–Crippen LogP) is 1.37. The van der Waals surface area contributed by atoms with Gasteiger partial charge < -0.3 is 14.9 Å². The summed E-state index contributed by atoms with van der Waals surface area (Å²) >= 11 is 0. The summed E-state index contributed by atoms with van der Waals surface area (Å²) in [6, 6.07) is 8.01. The van der Waals surface area contributed by atoms with Crippen LogP contribution in [0, 0.1) is 13.8 Å². The van der Waals surface area contributed by atoms with Crippen LogP contribution in [0.15, 0.2) is 28.8 Å². The van der Waals surface area contributed by atoms with Crippen molar-refractivity contribution in [3.05, 3.63) is 47.1 Å². The average molecular weight is 358 g/mol. The van der Waals surface area contributed by atoms with Gasteiger partial charge in [0, 0.05) is 13.1 Å². The van der Waals surface area contributed by atoms with Crippen molar-refractivity contribution in [1.82, 2.24) is 20.4 Å². The number of aryl methyl sites for hydroxylation is 2. The molecule has 1 amide bonds.